The van der Waals surface area contributed by atoms with Crippen LogP contribution in [-0.2, 0) is 21.4 Å². The lowest BCUT2D eigenvalue weighted by Crippen LogP contribution is -2.53. The Morgan fingerprint density at radius 3 is 2.67 bits per heavy atom. The summed E-state index contributed by atoms with van der Waals surface area (Å²) in [7, 11) is 1.82. The number of rotatable bonds is 9. The van der Waals surface area contributed by atoms with E-state index in [0.29, 0.717) is 55.6 Å². The molecule has 2 amide bonds. The molecule has 0 saturated carbocycles. The number of aliphatic imine (C=N–C) groups is 1. The first-order valence-corrected chi connectivity index (χ1v) is 14.5. The molecule has 230 valence electrons. The zero-order chi connectivity index (χ0) is 31.1. The van der Waals surface area contributed by atoms with Crippen LogP contribution >= 0.6 is 11.6 Å². The zero-order valence-electron chi connectivity index (χ0n) is 24.5. The number of ether oxygens (including phenoxy) is 1. The van der Waals surface area contributed by atoms with Gasteiger partial charge in [0, 0.05) is 75.0 Å². The molecule has 0 spiro atoms. The van der Waals surface area contributed by atoms with Gasteiger partial charge < -0.3 is 29.5 Å². The first kappa shape index (κ1) is 30.5. The minimum Gasteiger partial charge on any atom is -0.481 e. The number of nitrogens with one attached hydrogen (secondary N) is 1. The number of hydrogen-bond donors (Lipinski definition) is 2. The van der Waals surface area contributed by atoms with Crippen molar-refractivity contribution in [2.75, 3.05) is 45.9 Å². The first-order chi connectivity index (χ1) is 20.4. The molecule has 0 radical (unpaired) electrons. The Morgan fingerprint density at radius 1 is 1.26 bits per heavy atom. The molecule has 43 heavy (non-hydrogen) atoms. The number of aryl methyl sites for hydroxylation is 1. The number of aliphatic carboxylic acids is 1. The minimum atomic E-state index is -1.08. The lowest BCUT2D eigenvalue weighted by molar-refractivity contribution is -0.147. The molecule has 12 nitrogen and oxygen atoms in total. The molecule has 14 heteroatoms. The van der Waals surface area contributed by atoms with Crippen LogP contribution in [0.1, 0.15) is 38.2 Å². The van der Waals surface area contributed by atoms with Crippen LogP contribution in [0.4, 0.5) is 9.18 Å². The number of piperazine rings is 1. The van der Waals surface area contributed by atoms with Gasteiger partial charge in [-0.05, 0) is 32.9 Å². The molecule has 5 rings (SSSR count). The number of halogens is 2. The number of imidazole rings is 1. The van der Waals surface area contributed by atoms with Crippen molar-refractivity contribution >= 4 is 35.4 Å². The van der Waals surface area contributed by atoms with Crippen molar-refractivity contribution in [2.45, 2.75) is 32.9 Å². The maximum Gasteiger partial charge on any atom is 0.338 e. The van der Waals surface area contributed by atoms with Crippen LogP contribution in [-0.4, -0.2) is 105 Å². The van der Waals surface area contributed by atoms with E-state index in [4.69, 9.17) is 21.3 Å². The predicted octanol–water partition coefficient (Wildman–Crippen LogP) is 2.65. The molecule has 0 aliphatic carbocycles. The van der Waals surface area contributed by atoms with Crippen molar-refractivity contribution in [2.24, 2.45) is 17.5 Å². The Morgan fingerprint density at radius 2 is 2.02 bits per heavy atom. The summed E-state index contributed by atoms with van der Waals surface area (Å²) >= 11 is 6.49. The number of amides is 2. The maximum atomic E-state index is 14.0. The first-order valence-electron chi connectivity index (χ1n) is 14.1. The normalized spacial score (nSPS) is 21.1. The van der Waals surface area contributed by atoms with Crippen LogP contribution in [0.2, 0.25) is 5.02 Å². The number of aromatic nitrogens is 2. The number of carboxylic acids is 1. The van der Waals surface area contributed by atoms with Gasteiger partial charge in [0.15, 0.2) is 11.7 Å². The average Bonchev–Trinajstić information content (AvgIpc) is 3.50. The highest BCUT2D eigenvalue weighted by Crippen LogP contribution is 2.37. The summed E-state index contributed by atoms with van der Waals surface area (Å²) < 4.78 is 21.3. The fourth-order valence-corrected chi connectivity index (χ4v) is 5.98. The van der Waals surface area contributed by atoms with E-state index in [2.05, 4.69) is 15.2 Å². The van der Waals surface area contributed by atoms with Crippen molar-refractivity contribution in [3.63, 3.8) is 0 Å². The molecule has 2 aromatic rings. The van der Waals surface area contributed by atoms with E-state index in [1.54, 1.807) is 47.5 Å². The highest BCUT2D eigenvalue weighted by molar-refractivity contribution is 6.31. The molecule has 2 N–H and O–H groups in total. The monoisotopic (exact) mass is 615 g/mol. The summed E-state index contributed by atoms with van der Waals surface area (Å²) in [5, 5.41) is 13.0. The number of nitrogens with zero attached hydrogens (tertiary/aromatic N) is 6. The molecule has 1 aromatic carbocycles. The summed E-state index contributed by atoms with van der Waals surface area (Å²) in [4.78, 5) is 53.0. The Labute approximate surface area is 253 Å². The summed E-state index contributed by atoms with van der Waals surface area (Å²) in [6, 6.07) is 2.77. The molecule has 2 saturated heterocycles. The largest absolute Gasteiger partial charge is 0.481 e. The van der Waals surface area contributed by atoms with Crippen molar-refractivity contribution in [3.8, 4) is 0 Å². The molecule has 2 fully saturated rings. The Hall–Kier alpha value is -3.97. The van der Waals surface area contributed by atoms with E-state index >= 15 is 0 Å². The van der Waals surface area contributed by atoms with Gasteiger partial charge in [-0.1, -0.05) is 17.7 Å². The van der Waals surface area contributed by atoms with E-state index in [-0.39, 0.29) is 35.8 Å². The van der Waals surface area contributed by atoms with Gasteiger partial charge in [0.2, 0.25) is 0 Å². The lowest BCUT2D eigenvalue weighted by atomic mass is 9.93. The van der Waals surface area contributed by atoms with Gasteiger partial charge in [0.25, 0.3) is 0 Å². The molecule has 3 aliphatic heterocycles. The maximum absolute atomic E-state index is 14.0. The summed E-state index contributed by atoms with van der Waals surface area (Å²) in [5.41, 5.74) is 0.161. The number of amidine groups is 1. The summed E-state index contributed by atoms with van der Waals surface area (Å²) in [6.45, 7) is 7.35. The second-order valence-corrected chi connectivity index (χ2v) is 12.0. The van der Waals surface area contributed by atoms with Gasteiger partial charge in [0.05, 0.1) is 23.6 Å². The third-order valence-electron chi connectivity index (χ3n) is 7.97. The Kier molecular flexibility index (Phi) is 8.48. The number of carbonyl (C=O) groups excluding carboxylic acids is 2. The quantitative estimate of drug-likeness (QED) is 0.412. The van der Waals surface area contributed by atoms with Crippen LogP contribution in [0.25, 0.3) is 0 Å². The van der Waals surface area contributed by atoms with Gasteiger partial charge in [-0.2, -0.15) is 0 Å². The fourth-order valence-electron chi connectivity index (χ4n) is 5.71. The van der Waals surface area contributed by atoms with E-state index in [1.165, 1.54) is 18.2 Å². The average molecular weight is 616 g/mol. The number of benzene rings is 1. The van der Waals surface area contributed by atoms with Crippen LogP contribution in [0.5, 0.6) is 0 Å². The lowest BCUT2D eigenvalue weighted by Gasteiger charge is -2.38. The van der Waals surface area contributed by atoms with Gasteiger partial charge in [0.1, 0.15) is 11.9 Å². The second kappa shape index (κ2) is 12.0. The molecule has 3 aliphatic rings. The number of hydrogen-bond acceptors (Lipinski definition) is 8. The smallest absolute Gasteiger partial charge is 0.338 e. The number of carboxylic acid groups (broad SMARTS) is 1. The SMILES string of the molecule is CCOC(=O)C1=C(CN2CCN3C(=O)N(CC(C)(C)C(=O)O)C[C@@H]3C2)NC(c2nccn2C)=N[C@@H]1c1ccc(F)cc1Cl. The molecule has 4 heterocycles. The molecular weight excluding hydrogens is 581 g/mol. The van der Waals surface area contributed by atoms with E-state index in [9.17, 15) is 23.9 Å². The fraction of sp³-hybridized carbons (Fsp3) is 0.483. The number of esters is 1. The standard InChI is InChI=1S/C29H35ClFN7O5/c1-5-43-26(39)22-21(15-36-10-11-38-18(13-36)14-37(28(38)42)16-29(2,3)27(40)41)33-24(25-32-8-9-35(25)4)34-23(22)19-7-6-17(31)12-20(19)30/h6-9,12,18,23H,5,10-11,13-16H2,1-4H3,(H,33,34)(H,40,41)/t18-,23+/m0/s1. The summed E-state index contributed by atoms with van der Waals surface area (Å²) in [5.74, 6) is -1.10. The second-order valence-electron chi connectivity index (χ2n) is 11.6. The molecule has 2 atom stereocenters. The van der Waals surface area contributed by atoms with E-state index in [0.717, 1.165) is 0 Å². The van der Waals surface area contributed by atoms with Crippen molar-refractivity contribution in [1.29, 1.82) is 0 Å². The van der Waals surface area contributed by atoms with Gasteiger partial charge in [-0.15, -0.1) is 0 Å². The number of fused-ring (bicyclic) bond motifs is 1. The summed E-state index contributed by atoms with van der Waals surface area (Å²) in [6.07, 6.45) is 3.41. The third kappa shape index (κ3) is 6.09. The molecule has 1 aromatic heterocycles. The van der Waals surface area contributed by atoms with E-state index < -0.39 is 29.2 Å². The van der Waals surface area contributed by atoms with Crippen molar-refractivity contribution in [1.82, 2.24) is 29.6 Å². The molecule has 0 bridgehead atoms. The minimum absolute atomic E-state index is 0.109. The Balaban J connectivity index is 1.47. The van der Waals surface area contributed by atoms with Crippen LogP contribution in [0.3, 0.4) is 0 Å². The highest BCUT2D eigenvalue weighted by atomic mass is 35.5. The highest BCUT2D eigenvalue weighted by Gasteiger charge is 2.44. The van der Waals surface area contributed by atoms with Crippen LogP contribution in [0, 0.1) is 11.2 Å². The zero-order valence-corrected chi connectivity index (χ0v) is 25.3. The van der Waals surface area contributed by atoms with E-state index in [1.807, 2.05) is 7.05 Å². The van der Waals surface area contributed by atoms with Crippen molar-refractivity contribution < 1.29 is 28.6 Å². The molecule has 0 unspecified atom stereocenters. The van der Waals surface area contributed by atoms with Gasteiger partial charge in [-0.25, -0.2) is 19.0 Å². The number of urea groups is 1. The van der Waals surface area contributed by atoms with Gasteiger partial charge in [-0.3, -0.25) is 14.7 Å². The topological polar surface area (TPSA) is 133 Å². The molecular formula is C29H35ClFN7O5. The van der Waals surface area contributed by atoms with Crippen LogP contribution in [0.15, 0.2) is 46.9 Å². The Bertz CT molecular complexity index is 1510. The van der Waals surface area contributed by atoms with Crippen molar-refractivity contribution in [3.05, 3.63) is 64.1 Å². The van der Waals surface area contributed by atoms with Gasteiger partial charge >= 0.3 is 18.0 Å². The third-order valence-corrected chi connectivity index (χ3v) is 8.30. The number of carbonyl (C=O) groups is 3. The predicted molar refractivity (Wildman–Crippen MR) is 156 cm³/mol. The van der Waals surface area contributed by atoms with Crippen LogP contribution < -0.4 is 5.32 Å².